The van der Waals surface area contributed by atoms with Gasteiger partial charge in [0, 0.05) is 36.9 Å². The molecule has 2 atom stereocenters. The largest absolute Gasteiger partial charge is 0.481 e. The fourth-order valence-corrected chi connectivity index (χ4v) is 6.67. The Morgan fingerprint density at radius 3 is 2.28 bits per heavy atom. The van der Waals surface area contributed by atoms with E-state index in [-0.39, 0.29) is 30.3 Å². The van der Waals surface area contributed by atoms with Crippen LogP contribution in [0, 0.1) is 11.3 Å². The quantitative estimate of drug-likeness (QED) is 0.177. The summed E-state index contributed by atoms with van der Waals surface area (Å²) < 4.78 is 0. The number of hydrogen-bond acceptors (Lipinski definition) is 6. The molecule has 43 heavy (non-hydrogen) atoms. The molecule has 0 radical (unpaired) electrons. The second kappa shape index (κ2) is 14.5. The molecule has 2 aromatic carbocycles. The van der Waals surface area contributed by atoms with Gasteiger partial charge in [0.2, 0.25) is 0 Å². The maximum absolute atomic E-state index is 12.6. The molecule has 0 spiro atoms. The zero-order valence-corrected chi connectivity index (χ0v) is 26.3. The molecule has 8 heteroatoms. The first-order valence-corrected chi connectivity index (χ1v) is 16.0. The standard InChI is InChI=1S/C35H50N4O4/c1-25(26-11-13-27(14-12-26)33(43)36-20-17-32(41)42)37-35(18-15-29(16-19-35)34(2,3)4)38-31(24-40)28-9-8-10-30(23-28)39-21-6-5-7-22-39/h8-14,23-25,29,31,37-38H,5-7,15-22H2,1-4H3,(H,36,43)(H,41,42)/t25-,29?,31?,35?/m1/s1. The number of benzene rings is 2. The highest BCUT2D eigenvalue weighted by molar-refractivity contribution is 5.94. The highest BCUT2D eigenvalue weighted by Crippen LogP contribution is 2.42. The summed E-state index contributed by atoms with van der Waals surface area (Å²) in [5.74, 6) is -0.621. The number of nitrogens with zero attached hydrogens (tertiary/aromatic N) is 1. The van der Waals surface area contributed by atoms with Crippen LogP contribution in [0.3, 0.4) is 0 Å². The molecule has 1 saturated heterocycles. The van der Waals surface area contributed by atoms with Crippen LogP contribution in [0.15, 0.2) is 48.5 Å². The van der Waals surface area contributed by atoms with Crippen molar-refractivity contribution in [2.45, 2.75) is 96.8 Å². The van der Waals surface area contributed by atoms with Gasteiger partial charge in [-0.1, -0.05) is 45.0 Å². The van der Waals surface area contributed by atoms with Crippen LogP contribution in [-0.4, -0.2) is 48.6 Å². The van der Waals surface area contributed by atoms with Gasteiger partial charge >= 0.3 is 5.97 Å². The summed E-state index contributed by atoms with van der Waals surface area (Å²) in [4.78, 5) is 38.2. The van der Waals surface area contributed by atoms with E-state index in [0.717, 1.165) is 56.2 Å². The average Bonchev–Trinajstić information content (AvgIpc) is 3.00. The van der Waals surface area contributed by atoms with Crippen LogP contribution in [0.2, 0.25) is 0 Å². The van der Waals surface area contributed by atoms with E-state index in [1.54, 1.807) is 12.1 Å². The Balaban J connectivity index is 1.51. The maximum atomic E-state index is 12.6. The Kier molecular flexibility index (Phi) is 11.0. The van der Waals surface area contributed by atoms with E-state index in [1.165, 1.54) is 24.9 Å². The second-order valence-corrected chi connectivity index (χ2v) is 13.5. The molecule has 1 unspecified atom stereocenters. The van der Waals surface area contributed by atoms with E-state index >= 15 is 0 Å². The van der Waals surface area contributed by atoms with Gasteiger partial charge in [-0.15, -0.1) is 0 Å². The minimum absolute atomic E-state index is 0.0326. The Morgan fingerprint density at radius 1 is 1.00 bits per heavy atom. The molecular formula is C35H50N4O4. The summed E-state index contributed by atoms with van der Waals surface area (Å²) in [6.07, 6.45) is 8.54. The molecule has 1 saturated carbocycles. The van der Waals surface area contributed by atoms with Crippen molar-refractivity contribution in [3.8, 4) is 0 Å². The second-order valence-electron chi connectivity index (χ2n) is 13.5. The third kappa shape index (κ3) is 8.89. The van der Waals surface area contributed by atoms with Crippen LogP contribution < -0.4 is 20.9 Å². The summed E-state index contributed by atoms with van der Waals surface area (Å²) >= 11 is 0. The Bertz CT molecular complexity index is 1230. The summed E-state index contributed by atoms with van der Waals surface area (Å²) in [5.41, 5.74) is 3.50. The molecule has 0 bridgehead atoms. The number of piperidine rings is 1. The number of carboxylic acid groups (broad SMARTS) is 1. The van der Waals surface area contributed by atoms with Crippen molar-refractivity contribution in [3.05, 3.63) is 65.2 Å². The van der Waals surface area contributed by atoms with E-state index in [4.69, 9.17) is 5.11 Å². The Labute approximate surface area is 257 Å². The van der Waals surface area contributed by atoms with Crippen LogP contribution in [0.4, 0.5) is 5.69 Å². The molecule has 1 heterocycles. The molecule has 1 aliphatic heterocycles. The number of amides is 1. The van der Waals surface area contributed by atoms with Crippen molar-refractivity contribution in [3.63, 3.8) is 0 Å². The molecule has 2 aromatic rings. The molecule has 8 nitrogen and oxygen atoms in total. The van der Waals surface area contributed by atoms with Crippen LogP contribution in [0.5, 0.6) is 0 Å². The number of carbonyl (C=O) groups is 3. The van der Waals surface area contributed by atoms with Crippen LogP contribution in [-0.2, 0) is 9.59 Å². The number of carbonyl (C=O) groups excluding carboxylic acids is 2. The van der Waals surface area contributed by atoms with Gasteiger partial charge in [0.1, 0.15) is 6.29 Å². The number of anilines is 1. The molecular weight excluding hydrogens is 540 g/mol. The topological polar surface area (TPSA) is 111 Å². The fraction of sp³-hybridized carbons (Fsp3) is 0.571. The average molecular weight is 591 g/mol. The van der Waals surface area contributed by atoms with Gasteiger partial charge in [0.05, 0.1) is 18.1 Å². The molecule has 4 N–H and O–H groups in total. The first kappa shape index (κ1) is 32.7. The summed E-state index contributed by atoms with van der Waals surface area (Å²) in [7, 11) is 0. The van der Waals surface area contributed by atoms with E-state index in [9.17, 15) is 14.4 Å². The Morgan fingerprint density at radius 2 is 1.67 bits per heavy atom. The van der Waals surface area contributed by atoms with Gasteiger partial charge in [-0.05, 0) is 98.6 Å². The van der Waals surface area contributed by atoms with Crippen LogP contribution in [0.1, 0.15) is 113 Å². The number of aldehydes is 1. The monoisotopic (exact) mass is 590 g/mol. The maximum Gasteiger partial charge on any atom is 0.305 e. The number of aliphatic carboxylic acids is 1. The summed E-state index contributed by atoms with van der Waals surface area (Å²) in [6.45, 7) is 11.3. The first-order chi connectivity index (χ1) is 20.5. The number of rotatable bonds is 12. The van der Waals surface area contributed by atoms with E-state index in [2.05, 4.69) is 72.8 Å². The van der Waals surface area contributed by atoms with Crippen molar-refractivity contribution in [1.29, 1.82) is 0 Å². The molecule has 2 aliphatic rings. The summed E-state index contributed by atoms with van der Waals surface area (Å²) in [6, 6.07) is 15.4. The number of carboxylic acids is 1. The van der Waals surface area contributed by atoms with Gasteiger partial charge in [-0.3, -0.25) is 20.2 Å². The molecule has 1 amide bonds. The van der Waals surface area contributed by atoms with E-state index in [0.29, 0.717) is 11.5 Å². The van der Waals surface area contributed by atoms with Gasteiger partial charge in [-0.25, -0.2) is 0 Å². The summed E-state index contributed by atoms with van der Waals surface area (Å²) in [5, 5.41) is 19.1. The highest BCUT2D eigenvalue weighted by Gasteiger charge is 2.41. The van der Waals surface area contributed by atoms with Gasteiger partial charge in [0.15, 0.2) is 0 Å². The number of hydrogen-bond donors (Lipinski definition) is 4. The third-order valence-electron chi connectivity index (χ3n) is 9.37. The SMILES string of the molecule is C[C@@H](NC1(NC(C=O)c2cccc(N3CCCCC3)c2)CCC(C(C)(C)C)CC1)c1ccc(C(=O)NCCC(=O)O)cc1. The molecule has 234 valence electrons. The first-order valence-electron chi connectivity index (χ1n) is 16.0. The lowest BCUT2D eigenvalue weighted by atomic mass is 9.69. The minimum Gasteiger partial charge on any atom is -0.481 e. The molecule has 0 aromatic heterocycles. The zero-order valence-electron chi connectivity index (χ0n) is 26.3. The molecule has 1 aliphatic carbocycles. The van der Waals surface area contributed by atoms with E-state index < -0.39 is 17.7 Å². The van der Waals surface area contributed by atoms with Gasteiger partial charge in [-0.2, -0.15) is 0 Å². The number of nitrogens with one attached hydrogen (secondary N) is 3. The minimum atomic E-state index is -0.943. The van der Waals surface area contributed by atoms with Crippen molar-refractivity contribution in [2.75, 3.05) is 24.5 Å². The molecule has 4 rings (SSSR count). The smallest absolute Gasteiger partial charge is 0.305 e. The van der Waals surface area contributed by atoms with Gasteiger partial charge < -0.3 is 20.1 Å². The normalized spacial score (nSPS) is 22.4. The van der Waals surface area contributed by atoms with Gasteiger partial charge in [0.25, 0.3) is 5.91 Å². The third-order valence-corrected chi connectivity index (χ3v) is 9.37. The predicted molar refractivity (Wildman–Crippen MR) is 171 cm³/mol. The lowest BCUT2D eigenvalue weighted by molar-refractivity contribution is -0.136. The van der Waals surface area contributed by atoms with Crippen molar-refractivity contribution < 1.29 is 19.5 Å². The highest BCUT2D eigenvalue weighted by atomic mass is 16.4. The lowest BCUT2D eigenvalue weighted by Gasteiger charge is -2.47. The van der Waals surface area contributed by atoms with Crippen LogP contribution >= 0.6 is 0 Å². The lowest BCUT2D eigenvalue weighted by Crippen LogP contribution is -2.60. The predicted octanol–water partition coefficient (Wildman–Crippen LogP) is 5.99. The van der Waals surface area contributed by atoms with Crippen molar-refractivity contribution in [1.82, 2.24) is 16.0 Å². The fourth-order valence-electron chi connectivity index (χ4n) is 6.67. The van der Waals surface area contributed by atoms with E-state index in [1.807, 2.05) is 12.1 Å². The van der Waals surface area contributed by atoms with Crippen LogP contribution in [0.25, 0.3) is 0 Å². The van der Waals surface area contributed by atoms with Crippen molar-refractivity contribution >= 4 is 23.9 Å². The molecule has 2 fully saturated rings. The Hall–Kier alpha value is -3.23. The zero-order chi connectivity index (χ0) is 31.0. The van der Waals surface area contributed by atoms with Crippen molar-refractivity contribution in [2.24, 2.45) is 11.3 Å².